The molecule has 0 spiro atoms. The molecule has 688 valence electrons. The first kappa shape index (κ1) is 79.1. The number of hydrogen-bond acceptors (Lipinski definition) is 14. The number of aliphatic hydroxyl groups is 2. The van der Waals surface area contributed by atoms with Crippen molar-refractivity contribution in [1.82, 2.24) is 49.0 Å². The van der Waals surface area contributed by atoms with Gasteiger partial charge >= 0.3 is 15.6 Å². The number of halogens is 3. The van der Waals surface area contributed by atoms with Gasteiger partial charge in [-0.15, -0.1) is 88.5 Å². The van der Waals surface area contributed by atoms with Crippen molar-refractivity contribution in [2.45, 2.75) is 165 Å². The SMILES string of the molecule is CO.CO.O=S(=O)(O)C(F)(F)F.[2H]C([2H])([2H])c1c[c-]c(-c2ccc([Si](C)(C)C)cn2)cc1.[2H]C([2H])([2H])c1c[c-]c(-c2ccc([Si](C)(C)C)cn2)cc1.[2H]C([2H])([2H])c1ccc2c(n1)oc1c(-c3nc4ccncc4n3-c3c(C(C)C)cc(-c4ccccc4)cc3C(C)C)[c-]cc(C([2H])([2H])[2H])c12.[2H]C([2H])([2H])c1ccc2c(n1)oc1c(-c3nc4ccncc4n3-c3c(C(C)C)cc(-c4ccccc4)cc3C(C)C)ccc(C([2H])([2H])[2H])c12.[Ir].[Ir]. The molecule has 2 radical (unpaired) electrons. The third-order valence-corrected chi connectivity index (χ3v) is 26.1. The van der Waals surface area contributed by atoms with Gasteiger partial charge in [0.15, 0.2) is 0 Å². The van der Waals surface area contributed by atoms with Crippen LogP contribution in [0.3, 0.4) is 0 Å². The van der Waals surface area contributed by atoms with Gasteiger partial charge in [0, 0.05) is 137 Å². The van der Waals surface area contributed by atoms with Crippen molar-refractivity contribution in [3.8, 4) is 78.9 Å². The third-order valence-electron chi connectivity index (χ3n) is 21.5. The Morgan fingerprint density at radius 3 is 1.21 bits per heavy atom. The summed E-state index contributed by atoms with van der Waals surface area (Å²) in [6.07, 6.45) is 10.8. The van der Waals surface area contributed by atoms with Crippen LogP contribution in [0.5, 0.6) is 0 Å². The molecule has 3 N–H and O–H groups in total. The smallest absolute Gasteiger partial charge is 0.486 e. The van der Waals surface area contributed by atoms with Crippen molar-refractivity contribution < 1.29 is 110 Å². The summed E-state index contributed by atoms with van der Waals surface area (Å²) in [5.74, 6) is 1.56. The topological polar surface area (TPSA) is 234 Å². The monoisotopic (exact) mass is 2200 g/mol. The molecule has 8 aromatic carbocycles. The quantitative estimate of drug-likeness (QED) is 0.0397. The summed E-state index contributed by atoms with van der Waals surface area (Å²) in [6.45, 7) is 17.0. The van der Waals surface area contributed by atoms with Crippen LogP contribution in [-0.2, 0) is 50.3 Å². The number of rotatable bonds is 14. The number of alkyl halides is 3. The fraction of sp³-hybridized carbons (Fsp3) is 0.252. The van der Waals surface area contributed by atoms with E-state index in [1.165, 1.54) is 40.7 Å². The summed E-state index contributed by atoms with van der Waals surface area (Å²) in [5, 5.41) is 18.1. The summed E-state index contributed by atoms with van der Waals surface area (Å²) in [5.41, 5.74) is 13.6. The number of aryl methyl sites for hydroxylation is 6. The van der Waals surface area contributed by atoms with Crippen LogP contribution in [0.1, 0.15) is 160 Å². The van der Waals surface area contributed by atoms with Crippen LogP contribution in [0, 0.1) is 59.3 Å². The van der Waals surface area contributed by atoms with Crippen molar-refractivity contribution in [1.29, 1.82) is 0 Å². The van der Waals surface area contributed by atoms with Crippen LogP contribution in [-0.4, -0.2) is 108 Å². The van der Waals surface area contributed by atoms with Gasteiger partial charge in [-0.3, -0.25) is 24.1 Å². The molecule has 18 rings (SSSR count). The van der Waals surface area contributed by atoms with Crippen molar-refractivity contribution >= 4 is 103 Å². The van der Waals surface area contributed by atoms with Gasteiger partial charge in [-0.2, -0.15) is 21.6 Å². The Bertz CT molecular complexity index is 7290. The maximum absolute atomic E-state index is 10.7. The average molecular weight is 2200 g/mol. The molecule has 0 saturated carbocycles. The van der Waals surface area contributed by atoms with Gasteiger partial charge in [-0.05, 0) is 183 Å². The number of pyridine rings is 6. The maximum atomic E-state index is 10.7. The van der Waals surface area contributed by atoms with Crippen molar-refractivity contribution in [2.24, 2.45) is 0 Å². The van der Waals surface area contributed by atoms with E-state index in [4.69, 9.17) is 66.7 Å². The van der Waals surface area contributed by atoms with Crippen LogP contribution in [0.2, 0.25) is 39.3 Å². The average Bonchev–Trinajstić information content (AvgIpc) is 1.56. The first-order chi connectivity index (χ1) is 69.1. The molecule has 132 heavy (non-hydrogen) atoms. The normalized spacial score (nSPS) is 14.1. The summed E-state index contributed by atoms with van der Waals surface area (Å²) in [7, 11) is -6.52. The minimum absolute atomic E-state index is 0. The van der Waals surface area contributed by atoms with Gasteiger partial charge in [0.1, 0.15) is 11.4 Å². The predicted molar refractivity (Wildman–Crippen MR) is 530 cm³/mol. The molecule has 17 nitrogen and oxygen atoms in total. The number of furan rings is 2. The predicted octanol–water partition coefficient (Wildman–Crippen LogP) is 26.0. The molecule has 0 saturated heterocycles. The molecular weight excluding hydrogens is 2070 g/mol. The van der Waals surface area contributed by atoms with Crippen molar-refractivity contribution in [2.75, 3.05) is 14.2 Å². The molecule has 0 unspecified atom stereocenters. The number of benzene rings is 8. The zero-order valence-electron chi connectivity index (χ0n) is 93.5. The number of imidazole rings is 2. The first-order valence-electron chi connectivity index (χ1n) is 50.8. The van der Waals surface area contributed by atoms with Gasteiger partial charge in [0.2, 0.25) is 11.4 Å². The molecule has 10 aromatic heterocycles. The zero-order valence-corrected chi connectivity index (χ0v) is 83.1. The van der Waals surface area contributed by atoms with Crippen LogP contribution < -0.4 is 10.4 Å². The van der Waals surface area contributed by atoms with Crippen LogP contribution in [0.25, 0.3) is 145 Å². The molecule has 10 heterocycles. The Kier molecular flexibility index (Phi) is 26.1. The van der Waals surface area contributed by atoms with Crippen LogP contribution in [0.4, 0.5) is 13.2 Å². The molecule has 0 atom stereocenters. The van der Waals surface area contributed by atoms with Crippen LogP contribution in [0.15, 0.2) is 246 Å². The van der Waals surface area contributed by atoms with Crippen LogP contribution >= 0.6 is 0 Å². The van der Waals surface area contributed by atoms with E-state index in [1.807, 2.05) is 73.1 Å². The van der Waals surface area contributed by atoms with Gasteiger partial charge in [-0.1, -0.05) is 217 Å². The van der Waals surface area contributed by atoms with E-state index in [0.717, 1.165) is 104 Å². The largest absolute Gasteiger partial charge is 0.522 e. The molecule has 25 heteroatoms. The molecular formula is C107H112F3Ir2N10O7SSi2-3. The van der Waals surface area contributed by atoms with E-state index in [1.54, 1.807) is 73.3 Å². The summed E-state index contributed by atoms with van der Waals surface area (Å²) < 4.78 is 216. The number of nitrogens with zero attached hydrogens (tertiary/aromatic N) is 10. The Labute approximate surface area is 826 Å². The van der Waals surface area contributed by atoms with E-state index in [2.05, 4.69) is 213 Å². The molecule has 0 aliphatic rings. The maximum Gasteiger partial charge on any atom is 0.522 e. The van der Waals surface area contributed by atoms with Gasteiger partial charge in [0.05, 0.1) is 73.3 Å². The van der Waals surface area contributed by atoms with Gasteiger partial charge in [-0.25, -0.2) is 15.0 Å². The summed E-state index contributed by atoms with van der Waals surface area (Å²) in [6, 6.07) is 71.2. The van der Waals surface area contributed by atoms with E-state index in [9.17, 15) is 13.2 Å². The minimum Gasteiger partial charge on any atom is -0.486 e. The number of fused-ring (bicyclic) bond motifs is 8. The standard InChI is InChI=1S/C37H34N4O.C37H33N4O.2C15H18NSi.CHF3O3S.2CH4O.2Ir/c2*1-21(2)29-18-26(25-10-8-7-9-11-25)19-30(22(3)4)34(29)41-32-20-38-17-16-31(32)40-36(41)28-14-12-23(5)33-27-15-13-24(6)39-37(27)42-35(28)33;2*1-12-5-7-13(8-6-12)15-10-9-14(11-16-15)17(2,3)4;2-1(3,4)8(5,6)7;2*1-2;;/h7-22H,1-6H3;7-13,15-22H,1-6H3;2*5-7,9-11H,1-4H3;(H,5,6,7);2*2H,1H3;;/q;3*-1;;;;;/i2*5D3,6D3;2*1D3;;;;;. The number of aliphatic hydroxyl groups excluding tert-OH is 2. The van der Waals surface area contributed by atoms with E-state index in [0.29, 0.717) is 66.5 Å². The Balaban J connectivity index is 0.000000209. The molecule has 0 fully saturated rings. The third kappa shape index (κ3) is 22.9. The molecule has 18 aromatic rings. The minimum atomic E-state index is -5.84. The summed E-state index contributed by atoms with van der Waals surface area (Å²) in [4.78, 5) is 36.7. The Morgan fingerprint density at radius 2 is 0.848 bits per heavy atom. The summed E-state index contributed by atoms with van der Waals surface area (Å²) >= 11 is 0. The molecule has 0 aliphatic heterocycles. The first-order valence-corrected chi connectivity index (χ1v) is 50.2. The van der Waals surface area contributed by atoms with E-state index in [-0.39, 0.29) is 109 Å². The number of aromatic nitrogens is 10. The fourth-order valence-electron chi connectivity index (χ4n) is 14.8. The van der Waals surface area contributed by atoms with E-state index >= 15 is 0 Å². The fourth-order valence-corrected chi connectivity index (χ4v) is 16.9. The van der Waals surface area contributed by atoms with Crippen molar-refractivity contribution in [3.63, 3.8) is 0 Å². The van der Waals surface area contributed by atoms with E-state index < -0.39 is 72.9 Å². The second-order valence-corrected chi connectivity index (χ2v) is 45.4. The zero-order chi connectivity index (χ0) is 109. The molecule has 0 bridgehead atoms. The van der Waals surface area contributed by atoms with Crippen molar-refractivity contribution in [3.05, 3.63) is 311 Å². The van der Waals surface area contributed by atoms with Gasteiger partial charge < -0.3 is 33.6 Å². The number of hydrogen-bond donors (Lipinski definition) is 3. The molecule has 0 amide bonds. The second kappa shape index (κ2) is 43.5. The second-order valence-electron chi connectivity index (χ2n) is 33.8. The Hall–Kier alpha value is -11.4. The van der Waals surface area contributed by atoms with Gasteiger partial charge in [0.25, 0.3) is 0 Å². The Morgan fingerprint density at radius 1 is 0.439 bits per heavy atom. The molecule has 0 aliphatic carbocycles.